The molecule has 0 radical (unpaired) electrons. The van der Waals surface area contributed by atoms with Gasteiger partial charge in [-0.3, -0.25) is 0 Å². The fraction of sp³-hybridized carbons (Fsp3) is 0.455. The summed E-state index contributed by atoms with van der Waals surface area (Å²) in [4.78, 5) is 15.3. The molecule has 0 aliphatic rings. The number of ether oxygens (including phenoxy) is 3. The van der Waals surface area contributed by atoms with Gasteiger partial charge >= 0.3 is 12.3 Å². The van der Waals surface area contributed by atoms with Crippen LogP contribution in [0.5, 0.6) is 11.6 Å². The first-order chi connectivity index (χ1) is 8.80. The van der Waals surface area contributed by atoms with Gasteiger partial charge < -0.3 is 14.2 Å². The van der Waals surface area contributed by atoms with Gasteiger partial charge in [0, 0.05) is 5.56 Å². The van der Waals surface area contributed by atoms with E-state index in [4.69, 9.17) is 9.47 Å². The van der Waals surface area contributed by atoms with Gasteiger partial charge in [0.25, 0.3) is 0 Å². The molecule has 0 spiro atoms. The van der Waals surface area contributed by atoms with Crippen molar-refractivity contribution < 1.29 is 32.2 Å². The van der Waals surface area contributed by atoms with Gasteiger partial charge in [-0.1, -0.05) is 0 Å². The molecule has 5 nitrogen and oxygen atoms in total. The molecule has 0 saturated heterocycles. The lowest BCUT2D eigenvalue weighted by Gasteiger charge is -2.15. The van der Waals surface area contributed by atoms with Crippen LogP contribution in [-0.4, -0.2) is 31.0 Å². The average Bonchev–Trinajstić information content (AvgIpc) is 2.30. The molecular weight excluding hydrogens is 267 g/mol. The van der Waals surface area contributed by atoms with E-state index in [1.165, 1.54) is 14.0 Å². The lowest BCUT2D eigenvalue weighted by Crippen LogP contribution is -2.19. The highest BCUT2D eigenvalue weighted by Crippen LogP contribution is 2.31. The van der Waals surface area contributed by atoms with Crippen LogP contribution < -0.4 is 9.47 Å². The number of rotatable bonds is 4. The number of halogens is 3. The molecular formula is C11H12F3NO4. The van der Waals surface area contributed by atoms with Crippen LogP contribution in [0, 0.1) is 6.92 Å². The van der Waals surface area contributed by atoms with E-state index in [0.717, 1.165) is 6.20 Å². The lowest BCUT2D eigenvalue weighted by atomic mass is 10.1. The smallest absolute Gasteiger partial charge is 0.480 e. The predicted octanol–water partition coefficient (Wildman–Crippen LogP) is 2.47. The van der Waals surface area contributed by atoms with Gasteiger partial charge in [0.1, 0.15) is 5.56 Å². The molecule has 1 rings (SSSR count). The fourth-order valence-corrected chi connectivity index (χ4v) is 1.39. The predicted molar refractivity (Wildman–Crippen MR) is 58.2 cm³/mol. The van der Waals surface area contributed by atoms with Gasteiger partial charge in [0.05, 0.1) is 19.9 Å². The number of methoxy groups -OCH3 is 1. The number of carbonyl (C=O) groups excluding carboxylic acids is 1. The Bertz CT molecular complexity index is 474. The largest absolute Gasteiger partial charge is 0.573 e. The Balaban J connectivity index is 3.25. The molecule has 0 aliphatic heterocycles. The van der Waals surface area contributed by atoms with Crippen molar-refractivity contribution in [2.24, 2.45) is 0 Å². The van der Waals surface area contributed by atoms with E-state index in [1.54, 1.807) is 6.92 Å². The monoisotopic (exact) mass is 279 g/mol. The first kappa shape index (κ1) is 15.1. The van der Waals surface area contributed by atoms with E-state index < -0.39 is 18.1 Å². The van der Waals surface area contributed by atoms with Crippen LogP contribution in [0.3, 0.4) is 0 Å². The minimum atomic E-state index is -4.87. The van der Waals surface area contributed by atoms with Crippen molar-refractivity contribution in [3.05, 3.63) is 17.3 Å². The van der Waals surface area contributed by atoms with Crippen molar-refractivity contribution in [1.29, 1.82) is 0 Å². The number of aromatic nitrogens is 1. The SMILES string of the molecule is CCOC(=O)c1c(OC)ncc(OC(F)(F)F)c1C. The standard InChI is InChI=1S/C11H12F3NO4/c1-4-18-10(16)8-6(2)7(19-11(12,13)14)5-15-9(8)17-3/h5H,4H2,1-3H3. The average molecular weight is 279 g/mol. The van der Waals surface area contributed by atoms with Crippen molar-refractivity contribution in [2.45, 2.75) is 20.2 Å². The summed E-state index contributed by atoms with van der Waals surface area (Å²) in [6.45, 7) is 2.94. The topological polar surface area (TPSA) is 57.7 Å². The maximum atomic E-state index is 12.2. The van der Waals surface area contributed by atoms with Gasteiger partial charge in [-0.25, -0.2) is 9.78 Å². The Morgan fingerprint density at radius 3 is 2.53 bits per heavy atom. The highest BCUT2D eigenvalue weighted by Gasteiger charge is 2.33. The summed E-state index contributed by atoms with van der Waals surface area (Å²) >= 11 is 0. The maximum absolute atomic E-state index is 12.2. The van der Waals surface area contributed by atoms with Crippen LogP contribution in [0.25, 0.3) is 0 Å². The van der Waals surface area contributed by atoms with Crippen LogP contribution >= 0.6 is 0 Å². The zero-order valence-electron chi connectivity index (χ0n) is 10.5. The van der Waals surface area contributed by atoms with E-state index in [1.807, 2.05) is 0 Å². The zero-order valence-corrected chi connectivity index (χ0v) is 10.5. The Morgan fingerprint density at radius 1 is 1.42 bits per heavy atom. The Hall–Kier alpha value is -1.99. The second-order valence-corrected chi connectivity index (χ2v) is 3.40. The van der Waals surface area contributed by atoms with Crippen molar-refractivity contribution in [3.63, 3.8) is 0 Å². The first-order valence-electron chi connectivity index (χ1n) is 5.26. The number of pyridine rings is 1. The van der Waals surface area contributed by atoms with Crippen molar-refractivity contribution in [3.8, 4) is 11.6 Å². The number of hydrogen-bond donors (Lipinski definition) is 0. The number of nitrogens with zero attached hydrogens (tertiary/aromatic N) is 1. The highest BCUT2D eigenvalue weighted by atomic mass is 19.4. The molecule has 19 heavy (non-hydrogen) atoms. The maximum Gasteiger partial charge on any atom is 0.573 e. The summed E-state index contributed by atoms with van der Waals surface area (Å²) in [5.74, 6) is -1.51. The third-order valence-corrected chi connectivity index (χ3v) is 2.16. The molecule has 1 aromatic heterocycles. The Morgan fingerprint density at radius 2 is 2.05 bits per heavy atom. The molecule has 0 bridgehead atoms. The molecule has 0 saturated carbocycles. The molecule has 0 fully saturated rings. The van der Waals surface area contributed by atoms with Gasteiger partial charge in [-0.15, -0.1) is 13.2 Å². The molecule has 8 heteroatoms. The van der Waals surface area contributed by atoms with E-state index in [0.29, 0.717) is 0 Å². The van der Waals surface area contributed by atoms with Gasteiger partial charge in [0.15, 0.2) is 5.75 Å². The molecule has 0 N–H and O–H groups in total. The highest BCUT2D eigenvalue weighted by molar-refractivity contribution is 5.94. The lowest BCUT2D eigenvalue weighted by molar-refractivity contribution is -0.275. The van der Waals surface area contributed by atoms with Gasteiger partial charge in [-0.2, -0.15) is 0 Å². The summed E-state index contributed by atoms with van der Waals surface area (Å²) in [5.41, 5.74) is -0.242. The fourth-order valence-electron chi connectivity index (χ4n) is 1.39. The van der Waals surface area contributed by atoms with Gasteiger partial charge in [0.2, 0.25) is 5.88 Å². The molecule has 0 unspecified atom stereocenters. The molecule has 1 heterocycles. The molecule has 106 valence electrons. The Kier molecular flexibility index (Phi) is 4.57. The normalized spacial score (nSPS) is 11.1. The van der Waals surface area contributed by atoms with Gasteiger partial charge in [-0.05, 0) is 13.8 Å². The molecule has 0 aliphatic carbocycles. The van der Waals surface area contributed by atoms with E-state index in [2.05, 4.69) is 9.72 Å². The van der Waals surface area contributed by atoms with Crippen molar-refractivity contribution >= 4 is 5.97 Å². The first-order valence-corrected chi connectivity index (χ1v) is 5.26. The second kappa shape index (κ2) is 5.77. The minimum Gasteiger partial charge on any atom is -0.480 e. The van der Waals surface area contributed by atoms with Crippen LogP contribution in [0.2, 0.25) is 0 Å². The van der Waals surface area contributed by atoms with E-state index in [-0.39, 0.29) is 23.6 Å². The summed E-state index contributed by atoms with van der Waals surface area (Å²) in [6.07, 6.45) is -4.03. The van der Waals surface area contributed by atoms with Crippen LogP contribution in [0.15, 0.2) is 6.20 Å². The second-order valence-electron chi connectivity index (χ2n) is 3.40. The van der Waals surface area contributed by atoms with Crippen LogP contribution in [0.4, 0.5) is 13.2 Å². The summed E-state index contributed by atoms with van der Waals surface area (Å²) in [5, 5.41) is 0. The van der Waals surface area contributed by atoms with Crippen LogP contribution in [-0.2, 0) is 4.74 Å². The number of esters is 1. The number of carbonyl (C=O) groups is 1. The molecule has 1 aromatic rings. The minimum absolute atomic E-state index is 0.0531. The van der Waals surface area contributed by atoms with E-state index in [9.17, 15) is 18.0 Å². The number of alkyl halides is 3. The van der Waals surface area contributed by atoms with Crippen molar-refractivity contribution in [1.82, 2.24) is 4.98 Å². The Labute approximate surface area is 107 Å². The quantitative estimate of drug-likeness (QED) is 0.792. The number of hydrogen-bond acceptors (Lipinski definition) is 5. The molecule has 0 amide bonds. The summed E-state index contributed by atoms with van der Waals surface area (Å²) in [6, 6.07) is 0. The summed E-state index contributed by atoms with van der Waals surface area (Å²) < 4.78 is 49.9. The van der Waals surface area contributed by atoms with Crippen molar-refractivity contribution in [2.75, 3.05) is 13.7 Å². The third-order valence-electron chi connectivity index (χ3n) is 2.16. The third kappa shape index (κ3) is 3.73. The summed E-state index contributed by atoms with van der Waals surface area (Å²) in [7, 11) is 1.24. The van der Waals surface area contributed by atoms with E-state index >= 15 is 0 Å². The zero-order chi connectivity index (χ0) is 14.6. The molecule has 0 aromatic carbocycles. The van der Waals surface area contributed by atoms with Crippen LogP contribution in [0.1, 0.15) is 22.8 Å². The molecule has 0 atom stereocenters.